The maximum Gasteiger partial charge on any atom is 0.264 e. The summed E-state index contributed by atoms with van der Waals surface area (Å²) in [5, 5.41) is 3.37. The lowest BCUT2D eigenvalue weighted by Crippen LogP contribution is -2.42. The van der Waals surface area contributed by atoms with Gasteiger partial charge in [-0.15, -0.1) is 0 Å². The minimum absolute atomic E-state index is 0.0168. The molecule has 0 bridgehead atoms. The number of carbonyl (C=O) groups excluding carboxylic acids is 1. The number of para-hydroxylation sites is 2. The van der Waals surface area contributed by atoms with E-state index < -0.39 is 22.5 Å². The molecular weight excluding hydrogens is 488 g/mol. The number of sulfonamides is 1. The van der Waals surface area contributed by atoms with Gasteiger partial charge >= 0.3 is 0 Å². The first-order valence-corrected chi connectivity index (χ1v) is 13.0. The fourth-order valence-corrected chi connectivity index (χ4v) is 5.16. The van der Waals surface area contributed by atoms with E-state index in [1.54, 1.807) is 31.4 Å². The molecule has 0 spiro atoms. The molecule has 9 heteroatoms. The molecule has 0 aromatic heterocycles. The van der Waals surface area contributed by atoms with Crippen LogP contribution in [0.5, 0.6) is 11.5 Å². The molecule has 3 aromatic rings. The standard InChI is InChI=1S/C26H29ClN2O5S/c1-4-23(19-10-14-21(33-3)15-11-19)28-26(30)18-29(24-8-6-7-9-25(24)34-5-2)35(31,32)22-16-12-20(27)13-17-22/h6-17,23H,4-5,18H2,1-3H3,(H,28,30)/t23-/m1/s1. The van der Waals surface area contributed by atoms with Crippen molar-refractivity contribution in [1.82, 2.24) is 5.32 Å². The zero-order valence-corrected chi connectivity index (χ0v) is 21.5. The van der Waals surface area contributed by atoms with Gasteiger partial charge in [-0.05, 0) is 67.4 Å². The predicted octanol–water partition coefficient (Wildman–Crippen LogP) is 5.21. The third-order valence-electron chi connectivity index (χ3n) is 5.38. The van der Waals surface area contributed by atoms with Crippen molar-refractivity contribution in [2.45, 2.75) is 31.2 Å². The summed E-state index contributed by atoms with van der Waals surface area (Å²) in [5.41, 5.74) is 1.17. The van der Waals surface area contributed by atoms with Crippen LogP contribution in [-0.4, -0.2) is 34.6 Å². The molecular formula is C26H29ClN2O5S. The number of hydrogen-bond donors (Lipinski definition) is 1. The Hall–Kier alpha value is -3.23. The van der Waals surface area contributed by atoms with Gasteiger partial charge in [-0.1, -0.05) is 42.8 Å². The summed E-state index contributed by atoms with van der Waals surface area (Å²) in [7, 11) is -2.52. The van der Waals surface area contributed by atoms with Crippen molar-refractivity contribution in [3.63, 3.8) is 0 Å². The maximum absolute atomic E-state index is 13.7. The van der Waals surface area contributed by atoms with E-state index in [0.717, 1.165) is 9.87 Å². The zero-order valence-electron chi connectivity index (χ0n) is 19.9. The molecule has 0 unspecified atom stereocenters. The first-order chi connectivity index (χ1) is 16.8. The lowest BCUT2D eigenvalue weighted by Gasteiger charge is -2.27. The van der Waals surface area contributed by atoms with Gasteiger partial charge in [-0.25, -0.2) is 8.42 Å². The van der Waals surface area contributed by atoms with E-state index in [1.165, 1.54) is 24.3 Å². The van der Waals surface area contributed by atoms with E-state index in [1.807, 2.05) is 38.1 Å². The van der Waals surface area contributed by atoms with Crippen molar-refractivity contribution in [2.75, 3.05) is 24.6 Å². The Morgan fingerprint density at radius 1 is 1.00 bits per heavy atom. The molecule has 3 rings (SSSR count). The summed E-state index contributed by atoms with van der Waals surface area (Å²) in [4.78, 5) is 13.2. The summed E-state index contributed by atoms with van der Waals surface area (Å²) in [6.45, 7) is 3.67. The minimum Gasteiger partial charge on any atom is -0.497 e. The molecule has 0 radical (unpaired) electrons. The van der Waals surface area contributed by atoms with E-state index in [0.29, 0.717) is 29.5 Å². The van der Waals surface area contributed by atoms with E-state index in [9.17, 15) is 13.2 Å². The van der Waals surface area contributed by atoms with Crippen LogP contribution in [0.3, 0.4) is 0 Å². The van der Waals surface area contributed by atoms with Crippen LogP contribution in [0.25, 0.3) is 0 Å². The summed E-state index contributed by atoms with van der Waals surface area (Å²) in [5.74, 6) is 0.627. The van der Waals surface area contributed by atoms with Gasteiger partial charge in [0.15, 0.2) is 0 Å². The van der Waals surface area contributed by atoms with Crippen LogP contribution in [0.4, 0.5) is 5.69 Å². The van der Waals surface area contributed by atoms with Crippen molar-refractivity contribution in [2.24, 2.45) is 0 Å². The number of hydrogen-bond acceptors (Lipinski definition) is 5. The maximum atomic E-state index is 13.7. The number of rotatable bonds is 11. The molecule has 1 amide bonds. The number of carbonyl (C=O) groups is 1. The Morgan fingerprint density at radius 2 is 1.66 bits per heavy atom. The number of halogens is 1. The highest BCUT2D eigenvalue weighted by Crippen LogP contribution is 2.33. The number of methoxy groups -OCH3 is 1. The van der Waals surface area contributed by atoms with Gasteiger partial charge in [-0.3, -0.25) is 9.10 Å². The van der Waals surface area contributed by atoms with Crippen molar-refractivity contribution in [3.8, 4) is 11.5 Å². The molecule has 3 aromatic carbocycles. The van der Waals surface area contributed by atoms with E-state index in [-0.39, 0.29) is 16.6 Å². The number of ether oxygens (including phenoxy) is 2. The molecule has 0 heterocycles. The number of nitrogens with zero attached hydrogens (tertiary/aromatic N) is 1. The molecule has 0 aliphatic heterocycles. The average molecular weight is 517 g/mol. The summed E-state index contributed by atoms with van der Waals surface area (Å²) in [6.07, 6.45) is 0.623. The SMILES string of the molecule is CCOc1ccccc1N(CC(=O)N[C@H](CC)c1ccc(OC)cc1)S(=O)(=O)c1ccc(Cl)cc1. The first-order valence-electron chi connectivity index (χ1n) is 11.2. The third kappa shape index (κ3) is 6.46. The number of benzene rings is 3. The molecule has 0 aliphatic rings. The monoisotopic (exact) mass is 516 g/mol. The second-order valence-corrected chi connectivity index (χ2v) is 9.97. The second kappa shape index (κ2) is 12.0. The zero-order chi connectivity index (χ0) is 25.4. The number of nitrogens with one attached hydrogen (secondary N) is 1. The molecule has 7 nitrogen and oxygen atoms in total. The van der Waals surface area contributed by atoms with Crippen LogP contribution < -0.4 is 19.1 Å². The highest BCUT2D eigenvalue weighted by atomic mass is 35.5. The number of anilines is 1. The van der Waals surface area contributed by atoms with Gasteiger partial charge in [0.25, 0.3) is 10.0 Å². The minimum atomic E-state index is -4.11. The van der Waals surface area contributed by atoms with Crippen molar-refractivity contribution < 1.29 is 22.7 Å². The Kier molecular flexibility index (Phi) is 9.01. The van der Waals surface area contributed by atoms with Crippen molar-refractivity contribution >= 4 is 33.2 Å². The van der Waals surface area contributed by atoms with E-state index in [4.69, 9.17) is 21.1 Å². The molecule has 0 saturated heterocycles. The average Bonchev–Trinajstić information content (AvgIpc) is 2.87. The van der Waals surface area contributed by atoms with Gasteiger partial charge in [-0.2, -0.15) is 0 Å². The Balaban J connectivity index is 1.94. The first kappa shape index (κ1) is 26.4. The van der Waals surface area contributed by atoms with Crippen molar-refractivity contribution in [1.29, 1.82) is 0 Å². The third-order valence-corrected chi connectivity index (χ3v) is 7.41. The van der Waals surface area contributed by atoms with Crippen LogP contribution >= 0.6 is 11.6 Å². The van der Waals surface area contributed by atoms with Gasteiger partial charge in [0.05, 0.1) is 30.3 Å². The Labute approximate surface area is 211 Å². The van der Waals surface area contributed by atoms with Crippen LogP contribution in [0.2, 0.25) is 5.02 Å². The highest BCUT2D eigenvalue weighted by molar-refractivity contribution is 7.92. The van der Waals surface area contributed by atoms with Crippen LogP contribution in [0.15, 0.2) is 77.7 Å². The molecule has 0 aliphatic carbocycles. The molecule has 186 valence electrons. The lowest BCUT2D eigenvalue weighted by molar-refractivity contribution is -0.120. The summed E-state index contributed by atoms with van der Waals surface area (Å²) in [6, 6.07) is 19.7. The normalized spacial score (nSPS) is 12.0. The predicted molar refractivity (Wildman–Crippen MR) is 138 cm³/mol. The Morgan fingerprint density at radius 3 is 2.26 bits per heavy atom. The van der Waals surface area contributed by atoms with Gasteiger partial charge in [0.2, 0.25) is 5.91 Å². The molecule has 0 saturated carbocycles. The van der Waals surface area contributed by atoms with Crippen LogP contribution in [0.1, 0.15) is 31.9 Å². The smallest absolute Gasteiger partial charge is 0.264 e. The fraction of sp³-hybridized carbons (Fsp3) is 0.269. The van der Waals surface area contributed by atoms with Crippen molar-refractivity contribution in [3.05, 3.63) is 83.4 Å². The summed E-state index contributed by atoms with van der Waals surface area (Å²) < 4.78 is 39.3. The summed E-state index contributed by atoms with van der Waals surface area (Å²) >= 11 is 5.96. The topological polar surface area (TPSA) is 84.9 Å². The molecule has 0 fully saturated rings. The van der Waals surface area contributed by atoms with Gasteiger partial charge in [0.1, 0.15) is 18.0 Å². The molecule has 35 heavy (non-hydrogen) atoms. The van der Waals surface area contributed by atoms with Gasteiger partial charge in [0, 0.05) is 5.02 Å². The lowest BCUT2D eigenvalue weighted by atomic mass is 10.0. The van der Waals surface area contributed by atoms with E-state index in [2.05, 4.69) is 5.32 Å². The molecule has 1 atom stereocenters. The highest BCUT2D eigenvalue weighted by Gasteiger charge is 2.30. The van der Waals surface area contributed by atoms with E-state index >= 15 is 0 Å². The second-order valence-electron chi connectivity index (χ2n) is 7.67. The largest absolute Gasteiger partial charge is 0.497 e. The quantitative estimate of drug-likeness (QED) is 0.378. The number of amides is 1. The molecule has 1 N–H and O–H groups in total. The van der Waals surface area contributed by atoms with Crippen LogP contribution in [0, 0.1) is 0 Å². The Bertz CT molecular complexity index is 1230. The fourth-order valence-electron chi connectivity index (χ4n) is 3.60. The van der Waals surface area contributed by atoms with Gasteiger partial charge < -0.3 is 14.8 Å². The van der Waals surface area contributed by atoms with Crippen LogP contribution in [-0.2, 0) is 14.8 Å².